The lowest BCUT2D eigenvalue weighted by Gasteiger charge is -2.23. The Balaban J connectivity index is 2.04. The maximum Gasteiger partial charge on any atom is 0.270 e. The molecule has 4 rings (SSSR count). The third kappa shape index (κ3) is 3.38. The average Bonchev–Trinajstić information content (AvgIpc) is 2.99. The molecule has 0 saturated carbocycles. The van der Waals surface area contributed by atoms with Gasteiger partial charge >= 0.3 is 0 Å². The van der Waals surface area contributed by atoms with Gasteiger partial charge in [0, 0.05) is 40.6 Å². The Kier molecular flexibility index (Phi) is 4.63. The predicted molar refractivity (Wildman–Crippen MR) is 116 cm³/mol. The number of amides is 1. The van der Waals surface area contributed by atoms with E-state index < -0.39 is 11.6 Å². The van der Waals surface area contributed by atoms with Crippen molar-refractivity contribution in [1.82, 2.24) is 14.9 Å². The number of aliphatic hydroxyl groups excluding tert-OH is 1. The van der Waals surface area contributed by atoms with Crippen LogP contribution < -0.4 is 5.32 Å². The van der Waals surface area contributed by atoms with Crippen LogP contribution in [0.3, 0.4) is 0 Å². The van der Waals surface area contributed by atoms with E-state index in [1.54, 1.807) is 6.20 Å². The minimum atomic E-state index is -0.976. The van der Waals surface area contributed by atoms with Crippen LogP contribution in [0.2, 0.25) is 0 Å². The summed E-state index contributed by atoms with van der Waals surface area (Å²) < 4.78 is 2.03. The van der Waals surface area contributed by atoms with Gasteiger partial charge in [-0.15, -0.1) is 0 Å². The number of hydrogen-bond acceptors (Lipinski definition) is 3. The van der Waals surface area contributed by atoms with Gasteiger partial charge < -0.3 is 15.0 Å². The van der Waals surface area contributed by atoms with E-state index in [1.807, 2.05) is 87.0 Å². The molecule has 0 aliphatic rings. The lowest BCUT2D eigenvalue weighted by molar-refractivity contribution is 0.0909. The van der Waals surface area contributed by atoms with E-state index >= 15 is 0 Å². The Morgan fingerprint density at radius 3 is 2.38 bits per heavy atom. The van der Waals surface area contributed by atoms with Crippen molar-refractivity contribution in [3.63, 3.8) is 0 Å². The number of aryl methyl sites for hydroxylation is 1. The third-order valence-electron chi connectivity index (χ3n) is 5.07. The highest BCUT2D eigenvalue weighted by atomic mass is 16.3. The van der Waals surface area contributed by atoms with Gasteiger partial charge in [0.05, 0.1) is 5.52 Å². The van der Waals surface area contributed by atoms with Crippen LogP contribution in [0.15, 0.2) is 60.8 Å². The van der Waals surface area contributed by atoms with Crippen molar-refractivity contribution in [3.8, 4) is 0 Å². The molecule has 0 radical (unpaired) electrons. The van der Waals surface area contributed by atoms with E-state index in [2.05, 4.69) is 10.3 Å². The molecular formula is C24H25N3O2. The largest absolute Gasteiger partial charge is 0.383 e. The zero-order valence-corrected chi connectivity index (χ0v) is 17.1. The van der Waals surface area contributed by atoms with Crippen molar-refractivity contribution >= 4 is 27.7 Å². The summed E-state index contributed by atoms with van der Waals surface area (Å²) in [5, 5.41) is 16.3. The second kappa shape index (κ2) is 7.01. The van der Waals surface area contributed by atoms with Crippen molar-refractivity contribution < 1.29 is 9.90 Å². The second-order valence-electron chi connectivity index (χ2n) is 8.38. The number of rotatable bonds is 3. The van der Waals surface area contributed by atoms with Crippen LogP contribution in [0.25, 0.3) is 21.8 Å². The normalized spacial score (nSPS) is 13.0. The summed E-state index contributed by atoms with van der Waals surface area (Å²) in [6.07, 6.45) is 0.757. The van der Waals surface area contributed by atoms with E-state index in [4.69, 9.17) is 0 Å². The number of pyridine rings is 1. The number of carbonyl (C=O) groups excluding carboxylic acids is 1. The first-order valence-electron chi connectivity index (χ1n) is 9.69. The fourth-order valence-corrected chi connectivity index (χ4v) is 3.83. The van der Waals surface area contributed by atoms with Gasteiger partial charge in [-0.3, -0.25) is 4.79 Å². The predicted octanol–water partition coefficient (Wildman–Crippen LogP) is 4.34. The molecule has 1 amide bonds. The van der Waals surface area contributed by atoms with Gasteiger partial charge in [0.1, 0.15) is 11.8 Å². The maximum absolute atomic E-state index is 13.1. The molecule has 0 aliphatic carbocycles. The van der Waals surface area contributed by atoms with Gasteiger partial charge in [0.25, 0.3) is 5.91 Å². The molecule has 0 fully saturated rings. The summed E-state index contributed by atoms with van der Waals surface area (Å²) in [5.74, 6) is -0.297. The first-order valence-corrected chi connectivity index (χ1v) is 9.69. The van der Waals surface area contributed by atoms with E-state index in [9.17, 15) is 9.90 Å². The molecular weight excluding hydrogens is 362 g/mol. The van der Waals surface area contributed by atoms with Crippen molar-refractivity contribution in [3.05, 3.63) is 77.6 Å². The van der Waals surface area contributed by atoms with Gasteiger partial charge in [-0.05, 0) is 32.4 Å². The average molecular weight is 387 g/mol. The molecule has 0 spiro atoms. The lowest BCUT2D eigenvalue weighted by atomic mass is 9.97. The summed E-state index contributed by atoms with van der Waals surface area (Å²) in [4.78, 5) is 17.6. The number of benzene rings is 2. The topological polar surface area (TPSA) is 67.2 Å². The number of aliphatic hydroxyl groups is 1. The smallest absolute Gasteiger partial charge is 0.270 e. The van der Waals surface area contributed by atoms with Gasteiger partial charge in [-0.25, -0.2) is 4.98 Å². The Hall–Kier alpha value is -3.18. The summed E-state index contributed by atoms with van der Waals surface area (Å²) >= 11 is 0. The molecule has 0 bridgehead atoms. The highest BCUT2D eigenvalue weighted by molar-refractivity contribution is 6.11. The number of nitrogens with zero attached hydrogens (tertiary/aromatic N) is 2. The molecule has 148 valence electrons. The van der Waals surface area contributed by atoms with Crippen molar-refractivity contribution in [1.29, 1.82) is 0 Å². The molecule has 2 heterocycles. The van der Waals surface area contributed by atoms with Crippen LogP contribution in [-0.4, -0.2) is 26.1 Å². The maximum atomic E-state index is 13.1. The molecule has 4 aromatic rings. The lowest BCUT2D eigenvalue weighted by Crippen LogP contribution is -2.41. The zero-order chi connectivity index (χ0) is 20.8. The summed E-state index contributed by atoms with van der Waals surface area (Å²) in [6.45, 7) is 5.77. The van der Waals surface area contributed by atoms with Gasteiger partial charge in [-0.2, -0.15) is 0 Å². The van der Waals surface area contributed by atoms with Crippen molar-refractivity contribution in [2.45, 2.75) is 32.4 Å². The van der Waals surface area contributed by atoms with Crippen LogP contribution in [-0.2, 0) is 7.05 Å². The van der Waals surface area contributed by atoms with E-state index in [-0.39, 0.29) is 11.6 Å². The highest BCUT2D eigenvalue weighted by Gasteiger charge is 2.28. The Morgan fingerprint density at radius 2 is 1.69 bits per heavy atom. The number of carbonyl (C=O) groups is 1. The highest BCUT2D eigenvalue weighted by Crippen LogP contribution is 2.36. The third-order valence-corrected chi connectivity index (χ3v) is 5.07. The standard InChI is InChI=1S/C24H25N3O2/c1-24(2,3)26-23(29)20-19(22(28)15-10-6-5-7-11-15)21-17(14-25-20)16-12-8-9-13-18(16)27(21)4/h5-14,22,28H,1-4H3,(H,26,29). The van der Waals surface area contributed by atoms with Crippen LogP contribution in [0.4, 0.5) is 0 Å². The van der Waals surface area contributed by atoms with E-state index in [0.29, 0.717) is 5.56 Å². The van der Waals surface area contributed by atoms with Crippen molar-refractivity contribution in [2.24, 2.45) is 7.05 Å². The molecule has 2 aromatic heterocycles. The van der Waals surface area contributed by atoms with E-state index in [0.717, 1.165) is 27.4 Å². The van der Waals surface area contributed by atoms with Gasteiger partial charge in [0.15, 0.2) is 0 Å². The molecule has 1 atom stereocenters. The van der Waals surface area contributed by atoms with Crippen LogP contribution >= 0.6 is 0 Å². The zero-order valence-electron chi connectivity index (χ0n) is 17.1. The Bertz CT molecular complexity index is 1200. The summed E-state index contributed by atoms with van der Waals surface area (Å²) in [7, 11) is 1.96. The molecule has 5 heteroatoms. The monoisotopic (exact) mass is 387 g/mol. The fourth-order valence-electron chi connectivity index (χ4n) is 3.83. The first kappa shape index (κ1) is 19.2. The molecule has 5 nitrogen and oxygen atoms in total. The van der Waals surface area contributed by atoms with Crippen LogP contribution in [0.1, 0.15) is 48.5 Å². The summed E-state index contributed by atoms with van der Waals surface area (Å²) in [5.41, 5.74) is 2.92. The van der Waals surface area contributed by atoms with Crippen LogP contribution in [0, 0.1) is 0 Å². The Morgan fingerprint density at radius 1 is 1.03 bits per heavy atom. The molecule has 0 aliphatic heterocycles. The molecule has 0 saturated heterocycles. The van der Waals surface area contributed by atoms with Gasteiger partial charge in [-0.1, -0.05) is 48.5 Å². The minimum absolute atomic E-state index is 0.245. The minimum Gasteiger partial charge on any atom is -0.383 e. The SMILES string of the molecule is Cn1c2ccccc2c2cnc(C(=O)NC(C)(C)C)c(C(O)c3ccccc3)c21. The fraction of sp³-hybridized carbons (Fsp3) is 0.250. The molecule has 2 N–H and O–H groups in total. The first-order chi connectivity index (χ1) is 13.8. The molecule has 29 heavy (non-hydrogen) atoms. The number of fused-ring (bicyclic) bond motifs is 3. The number of hydrogen-bond donors (Lipinski definition) is 2. The Labute approximate surface area is 170 Å². The van der Waals surface area contributed by atoms with Crippen LogP contribution in [0.5, 0.6) is 0 Å². The number of para-hydroxylation sites is 1. The number of aromatic nitrogens is 2. The van der Waals surface area contributed by atoms with Crippen molar-refractivity contribution in [2.75, 3.05) is 0 Å². The molecule has 1 unspecified atom stereocenters. The number of nitrogens with one attached hydrogen (secondary N) is 1. The van der Waals surface area contributed by atoms with Gasteiger partial charge in [0.2, 0.25) is 0 Å². The quantitative estimate of drug-likeness (QED) is 0.550. The summed E-state index contributed by atoms with van der Waals surface area (Å²) in [6, 6.07) is 17.4. The van der Waals surface area contributed by atoms with E-state index in [1.165, 1.54) is 0 Å². The second-order valence-corrected chi connectivity index (χ2v) is 8.38. The molecule has 2 aromatic carbocycles.